The number of aliphatic hydroxyl groups is 2. The molecule has 0 saturated heterocycles. The SMILES string of the molecule is Cc1ccc(C#N)cc1C(O)C(O)CCS. The second-order valence-electron chi connectivity index (χ2n) is 3.71. The van der Waals surface area contributed by atoms with E-state index in [1.54, 1.807) is 18.2 Å². The minimum absolute atomic E-state index is 0.417. The third kappa shape index (κ3) is 2.99. The van der Waals surface area contributed by atoms with Gasteiger partial charge in [0.25, 0.3) is 0 Å². The van der Waals surface area contributed by atoms with E-state index >= 15 is 0 Å². The van der Waals surface area contributed by atoms with Crippen molar-refractivity contribution in [2.24, 2.45) is 0 Å². The molecule has 0 radical (unpaired) electrons. The lowest BCUT2D eigenvalue weighted by molar-refractivity contribution is 0.0168. The van der Waals surface area contributed by atoms with Gasteiger partial charge in [-0.05, 0) is 42.4 Å². The average Bonchev–Trinajstić information content (AvgIpc) is 2.29. The number of benzene rings is 1. The van der Waals surface area contributed by atoms with Crippen LogP contribution in [-0.2, 0) is 0 Å². The van der Waals surface area contributed by atoms with E-state index < -0.39 is 12.2 Å². The van der Waals surface area contributed by atoms with Crippen LogP contribution in [-0.4, -0.2) is 22.1 Å². The Balaban J connectivity index is 2.98. The number of hydrogen-bond donors (Lipinski definition) is 3. The molecule has 2 atom stereocenters. The second-order valence-corrected chi connectivity index (χ2v) is 4.15. The highest BCUT2D eigenvalue weighted by Crippen LogP contribution is 2.23. The fourth-order valence-electron chi connectivity index (χ4n) is 1.53. The molecule has 3 nitrogen and oxygen atoms in total. The van der Waals surface area contributed by atoms with Gasteiger partial charge in [0.1, 0.15) is 6.10 Å². The Kier molecular flexibility index (Phi) is 4.81. The summed E-state index contributed by atoms with van der Waals surface area (Å²) < 4.78 is 0. The third-order valence-corrected chi connectivity index (χ3v) is 2.77. The van der Waals surface area contributed by atoms with Gasteiger partial charge in [0.05, 0.1) is 17.7 Å². The molecule has 1 rings (SSSR count). The van der Waals surface area contributed by atoms with Gasteiger partial charge in [0.2, 0.25) is 0 Å². The Morgan fingerprint density at radius 3 is 2.69 bits per heavy atom. The number of thiol groups is 1. The molecule has 2 N–H and O–H groups in total. The van der Waals surface area contributed by atoms with Gasteiger partial charge in [-0.15, -0.1) is 0 Å². The van der Waals surface area contributed by atoms with E-state index in [2.05, 4.69) is 12.6 Å². The zero-order valence-corrected chi connectivity index (χ0v) is 9.98. The van der Waals surface area contributed by atoms with Gasteiger partial charge in [-0.25, -0.2) is 0 Å². The Hall–Kier alpha value is -1.02. The van der Waals surface area contributed by atoms with Gasteiger partial charge in [0, 0.05) is 0 Å². The summed E-state index contributed by atoms with van der Waals surface area (Å²) in [6.07, 6.45) is -1.38. The molecule has 0 aromatic heterocycles. The quantitative estimate of drug-likeness (QED) is 0.697. The first-order valence-corrected chi connectivity index (χ1v) is 5.71. The normalized spacial score (nSPS) is 14.2. The average molecular weight is 237 g/mol. The van der Waals surface area contributed by atoms with Crippen molar-refractivity contribution < 1.29 is 10.2 Å². The summed E-state index contributed by atoms with van der Waals surface area (Å²) >= 11 is 4.01. The molecule has 0 amide bonds. The molecule has 1 aromatic carbocycles. The monoisotopic (exact) mass is 237 g/mol. The zero-order valence-electron chi connectivity index (χ0n) is 9.09. The first-order chi connectivity index (χ1) is 7.60. The van der Waals surface area contributed by atoms with Crippen LogP contribution in [0.4, 0.5) is 0 Å². The molecular weight excluding hydrogens is 222 g/mol. The predicted molar refractivity (Wildman–Crippen MR) is 65.3 cm³/mol. The van der Waals surface area contributed by atoms with Crippen LogP contribution in [0.1, 0.15) is 29.2 Å². The largest absolute Gasteiger partial charge is 0.390 e. The lowest BCUT2D eigenvalue weighted by Gasteiger charge is -2.19. The Labute approximate surface area is 101 Å². The van der Waals surface area contributed by atoms with Crippen molar-refractivity contribution >= 4 is 12.6 Å². The second kappa shape index (κ2) is 5.90. The number of hydrogen-bond acceptors (Lipinski definition) is 4. The van der Waals surface area contributed by atoms with Crippen LogP contribution in [0, 0.1) is 18.3 Å². The highest BCUT2D eigenvalue weighted by Gasteiger charge is 2.19. The predicted octanol–water partition coefficient (Wildman–Crippen LogP) is 1.58. The van der Waals surface area contributed by atoms with Gasteiger partial charge in [0.15, 0.2) is 0 Å². The standard InChI is InChI=1S/C12H15NO2S/c1-8-2-3-9(7-13)6-10(8)12(15)11(14)4-5-16/h2-3,6,11-12,14-16H,4-5H2,1H3. The topological polar surface area (TPSA) is 64.2 Å². The zero-order chi connectivity index (χ0) is 12.1. The molecule has 0 spiro atoms. The van der Waals surface area contributed by atoms with Gasteiger partial charge >= 0.3 is 0 Å². The summed E-state index contributed by atoms with van der Waals surface area (Å²) in [4.78, 5) is 0. The van der Waals surface area contributed by atoms with Crippen molar-refractivity contribution in [3.05, 3.63) is 34.9 Å². The molecular formula is C12H15NO2S. The molecule has 0 bridgehead atoms. The van der Waals surface area contributed by atoms with Crippen molar-refractivity contribution in [1.29, 1.82) is 5.26 Å². The third-order valence-electron chi connectivity index (χ3n) is 2.52. The number of nitrogens with zero attached hydrogens (tertiary/aromatic N) is 1. The molecule has 16 heavy (non-hydrogen) atoms. The number of aliphatic hydroxyl groups excluding tert-OH is 2. The van der Waals surface area contributed by atoms with E-state index in [9.17, 15) is 10.2 Å². The Morgan fingerprint density at radius 1 is 1.44 bits per heavy atom. The molecule has 0 aliphatic heterocycles. The molecule has 86 valence electrons. The van der Waals surface area contributed by atoms with E-state index in [0.717, 1.165) is 5.56 Å². The molecule has 0 heterocycles. The van der Waals surface area contributed by atoms with Crippen LogP contribution < -0.4 is 0 Å². The van der Waals surface area contributed by atoms with E-state index in [0.29, 0.717) is 23.3 Å². The maximum atomic E-state index is 9.93. The number of rotatable bonds is 4. The van der Waals surface area contributed by atoms with Crippen molar-refractivity contribution in [3.63, 3.8) is 0 Å². The fraction of sp³-hybridized carbons (Fsp3) is 0.417. The van der Waals surface area contributed by atoms with Crippen molar-refractivity contribution in [2.75, 3.05) is 5.75 Å². The van der Waals surface area contributed by atoms with Gasteiger partial charge in [-0.3, -0.25) is 0 Å². The van der Waals surface area contributed by atoms with Crippen LogP contribution in [0.3, 0.4) is 0 Å². The number of nitriles is 1. The molecule has 1 aromatic rings. The van der Waals surface area contributed by atoms with Gasteiger partial charge < -0.3 is 10.2 Å². The Morgan fingerprint density at radius 2 is 2.12 bits per heavy atom. The number of aryl methyl sites for hydroxylation is 1. The van der Waals surface area contributed by atoms with Gasteiger partial charge in [-0.1, -0.05) is 6.07 Å². The molecule has 0 fully saturated rings. The Bertz CT molecular complexity index is 400. The first-order valence-electron chi connectivity index (χ1n) is 5.07. The highest BCUT2D eigenvalue weighted by molar-refractivity contribution is 7.80. The van der Waals surface area contributed by atoms with E-state index in [-0.39, 0.29) is 0 Å². The molecule has 0 saturated carbocycles. The molecule has 2 unspecified atom stereocenters. The minimum atomic E-state index is -0.958. The van der Waals surface area contributed by atoms with E-state index in [1.807, 2.05) is 13.0 Å². The molecule has 0 aliphatic rings. The highest BCUT2D eigenvalue weighted by atomic mass is 32.1. The molecule has 0 aliphatic carbocycles. The van der Waals surface area contributed by atoms with Crippen LogP contribution >= 0.6 is 12.6 Å². The lowest BCUT2D eigenvalue weighted by Crippen LogP contribution is -2.19. The van der Waals surface area contributed by atoms with Crippen molar-refractivity contribution in [1.82, 2.24) is 0 Å². The van der Waals surface area contributed by atoms with Crippen LogP contribution in [0.5, 0.6) is 0 Å². The van der Waals surface area contributed by atoms with Gasteiger partial charge in [-0.2, -0.15) is 17.9 Å². The minimum Gasteiger partial charge on any atom is -0.390 e. The fourth-order valence-corrected chi connectivity index (χ4v) is 1.79. The summed E-state index contributed by atoms with van der Waals surface area (Å²) in [5.41, 5.74) is 1.95. The summed E-state index contributed by atoms with van der Waals surface area (Å²) in [5.74, 6) is 0.509. The lowest BCUT2D eigenvalue weighted by atomic mass is 9.96. The summed E-state index contributed by atoms with van der Waals surface area (Å²) in [7, 11) is 0. The summed E-state index contributed by atoms with van der Waals surface area (Å²) in [5, 5.41) is 28.4. The summed E-state index contributed by atoms with van der Waals surface area (Å²) in [6, 6.07) is 7.08. The smallest absolute Gasteiger partial charge is 0.105 e. The van der Waals surface area contributed by atoms with E-state index in [1.165, 1.54) is 0 Å². The van der Waals surface area contributed by atoms with Crippen molar-refractivity contribution in [3.8, 4) is 6.07 Å². The van der Waals surface area contributed by atoms with E-state index in [4.69, 9.17) is 5.26 Å². The van der Waals surface area contributed by atoms with Crippen LogP contribution in [0.15, 0.2) is 18.2 Å². The van der Waals surface area contributed by atoms with Crippen molar-refractivity contribution in [2.45, 2.75) is 25.6 Å². The summed E-state index contributed by atoms with van der Waals surface area (Å²) in [6.45, 7) is 1.84. The maximum Gasteiger partial charge on any atom is 0.105 e. The van der Waals surface area contributed by atoms with Crippen LogP contribution in [0.2, 0.25) is 0 Å². The molecule has 4 heteroatoms. The van der Waals surface area contributed by atoms with Crippen LogP contribution in [0.25, 0.3) is 0 Å². The first kappa shape index (κ1) is 13.0. The maximum absolute atomic E-state index is 9.93.